The van der Waals surface area contributed by atoms with Gasteiger partial charge in [-0.15, -0.1) is 0 Å². The maximum absolute atomic E-state index is 11.9. The molecule has 0 unspecified atom stereocenters. The zero-order valence-electron chi connectivity index (χ0n) is 11.2. The largest absolute Gasteiger partial charge is 0.339 e. The molecule has 1 amide bonds. The van der Waals surface area contributed by atoms with Crippen LogP contribution in [-0.4, -0.2) is 28.8 Å². The zero-order chi connectivity index (χ0) is 14.3. The van der Waals surface area contributed by atoms with E-state index in [9.17, 15) is 14.9 Å². The maximum Gasteiger partial charge on any atom is 0.324 e. The van der Waals surface area contributed by atoms with Gasteiger partial charge in [0.25, 0.3) is 0 Å². The van der Waals surface area contributed by atoms with Gasteiger partial charge in [-0.1, -0.05) is 25.2 Å². The van der Waals surface area contributed by atoms with E-state index in [2.05, 4.69) is 0 Å². The van der Waals surface area contributed by atoms with E-state index < -0.39 is 4.92 Å². The van der Waals surface area contributed by atoms with Crippen molar-refractivity contribution in [3.63, 3.8) is 0 Å². The molecular formula is C13H18N2O3S. The highest BCUT2D eigenvalue weighted by molar-refractivity contribution is 7.16. The summed E-state index contributed by atoms with van der Waals surface area (Å²) in [4.78, 5) is 24.6. The summed E-state index contributed by atoms with van der Waals surface area (Å²) in [6.45, 7) is 5.54. The average molecular weight is 282 g/mol. The van der Waals surface area contributed by atoms with Crippen LogP contribution in [0, 0.1) is 10.1 Å². The summed E-state index contributed by atoms with van der Waals surface area (Å²) in [5.74, 6) is -0.0419. The summed E-state index contributed by atoms with van der Waals surface area (Å²) >= 11 is 1.06. The number of hydrogen-bond donors (Lipinski definition) is 0. The van der Waals surface area contributed by atoms with Gasteiger partial charge in [-0.25, -0.2) is 0 Å². The third-order valence-corrected chi connectivity index (χ3v) is 3.48. The molecule has 0 aromatic carbocycles. The Kier molecular flexibility index (Phi) is 6.21. The van der Waals surface area contributed by atoms with Crippen molar-refractivity contribution in [2.45, 2.75) is 26.7 Å². The van der Waals surface area contributed by atoms with Crippen LogP contribution in [0.1, 0.15) is 31.6 Å². The molecule has 0 aliphatic heterocycles. The van der Waals surface area contributed by atoms with Crippen molar-refractivity contribution in [1.82, 2.24) is 4.90 Å². The molecule has 0 N–H and O–H groups in total. The summed E-state index contributed by atoms with van der Waals surface area (Å²) in [7, 11) is 0. The highest BCUT2D eigenvalue weighted by atomic mass is 32.1. The summed E-state index contributed by atoms with van der Waals surface area (Å²) in [5, 5.41) is 10.6. The Morgan fingerprint density at radius 1 is 1.37 bits per heavy atom. The Hall–Kier alpha value is -1.69. The summed E-state index contributed by atoms with van der Waals surface area (Å²) in [6, 6.07) is 3.10. The Morgan fingerprint density at radius 2 is 2.00 bits per heavy atom. The Labute approximate surface area is 116 Å². The standard InChI is InChI=1S/C13H18N2O3S/c1-3-9-14(10-4-2)12(16)7-5-11-6-8-13(19-11)15(17)18/h5-8H,3-4,9-10H2,1-2H3/b7-5+. The molecule has 1 aromatic rings. The molecule has 0 saturated heterocycles. The number of carbonyl (C=O) groups is 1. The van der Waals surface area contributed by atoms with Crippen LogP contribution in [0.2, 0.25) is 0 Å². The number of nitrogens with zero attached hydrogens (tertiary/aromatic N) is 2. The number of amides is 1. The fraction of sp³-hybridized carbons (Fsp3) is 0.462. The maximum atomic E-state index is 11.9. The number of thiophene rings is 1. The van der Waals surface area contributed by atoms with Crippen LogP contribution in [0.25, 0.3) is 6.08 Å². The lowest BCUT2D eigenvalue weighted by Crippen LogP contribution is -2.30. The fourth-order valence-electron chi connectivity index (χ4n) is 1.66. The first-order chi connectivity index (χ1) is 9.08. The van der Waals surface area contributed by atoms with Crippen molar-refractivity contribution in [1.29, 1.82) is 0 Å². The second kappa shape index (κ2) is 7.68. The third kappa shape index (κ3) is 4.82. The second-order valence-corrected chi connectivity index (χ2v) is 5.19. The minimum absolute atomic E-state index is 0.0419. The van der Waals surface area contributed by atoms with Crippen molar-refractivity contribution in [3.8, 4) is 0 Å². The molecule has 0 aliphatic rings. The van der Waals surface area contributed by atoms with Gasteiger partial charge in [0.1, 0.15) is 0 Å². The fourth-order valence-corrected chi connectivity index (χ4v) is 2.39. The molecular weight excluding hydrogens is 264 g/mol. The molecule has 0 bridgehead atoms. The SMILES string of the molecule is CCCN(CCC)C(=O)/C=C/c1ccc([N+](=O)[O-])s1. The molecule has 1 aromatic heterocycles. The van der Waals surface area contributed by atoms with Gasteiger partial charge in [-0.05, 0) is 25.0 Å². The number of hydrogen-bond acceptors (Lipinski definition) is 4. The zero-order valence-corrected chi connectivity index (χ0v) is 12.0. The van der Waals surface area contributed by atoms with E-state index in [-0.39, 0.29) is 10.9 Å². The van der Waals surface area contributed by atoms with Crippen LogP contribution in [-0.2, 0) is 4.79 Å². The smallest absolute Gasteiger partial charge is 0.324 e. The summed E-state index contributed by atoms with van der Waals surface area (Å²) < 4.78 is 0. The topological polar surface area (TPSA) is 63.5 Å². The average Bonchev–Trinajstić information content (AvgIpc) is 2.84. The molecule has 1 heterocycles. The molecule has 1 rings (SSSR count). The summed E-state index contributed by atoms with van der Waals surface area (Å²) in [6.07, 6.45) is 4.97. The number of nitro groups is 1. The molecule has 5 nitrogen and oxygen atoms in total. The van der Waals surface area contributed by atoms with Crippen molar-refractivity contribution in [2.24, 2.45) is 0 Å². The third-order valence-electron chi connectivity index (χ3n) is 2.48. The van der Waals surface area contributed by atoms with Crippen LogP contribution < -0.4 is 0 Å². The summed E-state index contributed by atoms with van der Waals surface area (Å²) in [5.41, 5.74) is 0. The molecule has 19 heavy (non-hydrogen) atoms. The first-order valence-corrected chi connectivity index (χ1v) is 7.11. The first kappa shape index (κ1) is 15.4. The van der Waals surface area contributed by atoms with Gasteiger partial charge in [0.2, 0.25) is 5.91 Å². The van der Waals surface area contributed by atoms with Gasteiger partial charge >= 0.3 is 5.00 Å². The predicted molar refractivity (Wildman–Crippen MR) is 77.2 cm³/mol. The molecule has 0 fully saturated rings. The molecule has 104 valence electrons. The van der Waals surface area contributed by atoms with Crippen LogP contribution in [0.5, 0.6) is 0 Å². The molecule has 0 radical (unpaired) electrons. The van der Waals surface area contributed by atoms with Crippen LogP contribution in [0.15, 0.2) is 18.2 Å². The van der Waals surface area contributed by atoms with Crippen molar-refractivity contribution < 1.29 is 9.72 Å². The minimum atomic E-state index is -0.426. The van der Waals surface area contributed by atoms with Crippen LogP contribution in [0.4, 0.5) is 5.00 Å². The lowest BCUT2D eigenvalue weighted by atomic mass is 10.3. The van der Waals surface area contributed by atoms with E-state index in [0.29, 0.717) is 4.88 Å². The molecule has 6 heteroatoms. The second-order valence-electron chi connectivity index (χ2n) is 4.09. The van der Waals surface area contributed by atoms with E-state index in [4.69, 9.17) is 0 Å². The minimum Gasteiger partial charge on any atom is -0.339 e. The van der Waals surface area contributed by atoms with Gasteiger partial charge in [0, 0.05) is 30.1 Å². The van der Waals surface area contributed by atoms with Gasteiger partial charge in [0.05, 0.1) is 4.92 Å². The lowest BCUT2D eigenvalue weighted by Gasteiger charge is -2.19. The monoisotopic (exact) mass is 282 g/mol. The van der Waals surface area contributed by atoms with E-state index in [1.165, 1.54) is 12.1 Å². The molecule has 0 aliphatic carbocycles. The van der Waals surface area contributed by atoms with Crippen molar-refractivity contribution in [2.75, 3.05) is 13.1 Å². The predicted octanol–water partition coefficient (Wildman–Crippen LogP) is 3.32. The van der Waals surface area contributed by atoms with E-state index in [1.807, 2.05) is 13.8 Å². The number of carbonyl (C=O) groups excluding carboxylic acids is 1. The molecule has 0 saturated carbocycles. The molecule has 0 spiro atoms. The Balaban J connectivity index is 2.67. The van der Waals surface area contributed by atoms with Crippen molar-refractivity contribution in [3.05, 3.63) is 33.2 Å². The highest BCUT2D eigenvalue weighted by Crippen LogP contribution is 2.24. The highest BCUT2D eigenvalue weighted by Gasteiger charge is 2.10. The van der Waals surface area contributed by atoms with E-state index >= 15 is 0 Å². The number of rotatable bonds is 7. The Morgan fingerprint density at radius 3 is 2.47 bits per heavy atom. The first-order valence-electron chi connectivity index (χ1n) is 6.29. The van der Waals surface area contributed by atoms with Gasteiger partial charge < -0.3 is 4.90 Å². The molecule has 0 atom stereocenters. The van der Waals surface area contributed by atoms with E-state index in [0.717, 1.165) is 37.3 Å². The quantitative estimate of drug-likeness (QED) is 0.438. The normalized spacial score (nSPS) is 10.8. The van der Waals surface area contributed by atoms with Gasteiger partial charge in [-0.2, -0.15) is 0 Å². The van der Waals surface area contributed by atoms with Gasteiger partial charge in [0.15, 0.2) is 0 Å². The van der Waals surface area contributed by atoms with E-state index in [1.54, 1.807) is 17.0 Å². The van der Waals surface area contributed by atoms with Crippen LogP contribution in [0.3, 0.4) is 0 Å². The lowest BCUT2D eigenvalue weighted by molar-refractivity contribution is -0.380. The Bertz CT molecular complexity index is 462. The van der Waals surface area contributed by atoms with Crippen LogP contribution >= 0.6 is 11.3 Å². The van der Waals surface area contributed by atoms with Gasteiger partial charge in [-0.3, -0.25) is 14.9 Å². The van der Waals surface area contributed by atoms with Crippen molar-refractivity contribution >= 4 is 28.3 Å².